The van der Waals surface area contributed by atoms with Crippen LogP contribution in [0.15, 0.2) is 73.1 Å². The third-order valence-corrected chi connectivity index (χ3v) is 7.04. The molecule has 1 atom stereocenters. The first-order valence-corrected chi connectivity index (χ1v) is 13.2. The monoisotopic (exact) mass is 509 g/mol. The highest BCUT2D eigenvalue weighted by molar-refractivity contribution is 5.98. The fraction of sp³-hybridized carbons (Fsp3) is 0.310. The second kappa shape index (κ2) is 10.6. The highest BCUT2D eigenvalue weighted by atomic mass is 16.5. The van der Waals surface area contributed by atoms with Gasteiger partial charge in [-0.3, -0.25) is 4.79 Å². The lowest BCUT2D eigenvalue weighted by Gasteiger charge is -2.32. The van der Waals surface area contributed by atoms with Crippen molar-refractivity contribution >= 4 is 22.8 Å². The van der Waals surface area contributed by atoms with Crippen molar-refractivity contribution in [3.63, 3.8) is 0 Å². The fourth-order valence-electron chi connectivity index (χ4n) is 4.90. The maximum Gasteiger partial charge on any atom is 0.246 e. The van der Waals surface area contributed by atoms with Crippen molar-refractivity contribution in [3.05, 3.63) is 73.1 Å². The van der Waals surface area contributed by atoms with Crippen LogP contribution in [0.2, 0.25) is 0 Å². The SMILES string of the molecule is Nc1ncnc2c1c(-c1ccc(Oc3ccccc3)cc1)nn2[C@@H]1CCCN(C(=O)C=CCNC2CC2)C1. The Hall–Kier alpha value is -4.24. The number of fused-ring (bicyclic) bond motifs is 1. The number of hydrogen-bond acceptors (Lipinski definition) is 7. The highest BCUT2D eigenvalue weighted by Gasteiger charge is 2.28. The van der Waals surface area contributed by atoms with Crippen LogP contribution < -0.4 is 15.8 Å². The molecule has 1 amide bonds. The number of rotatable bonds is 8. The largest absolute Gasteiger partial charge is 0.457 e. The van der Waals surface area contributed by atoms with Crippen LogP contribution in [0.1, 0.15) is 31.7 Å². The number of aromatic nitrogens is 4. The van der Waals surface area contributed by atoms with E-state index in [-0.39, 0.29) is 11.9 Å². The molecule has 1 aliphatic carbocycles. The summed E-state index contributed by atoms with van der Waals surface area (Å²) in [5, 5.41) is 9.10. The van der Waals surface area contributed by atoms with Crippen molar-refractivity contribution in [2.45, 2.75) is 37.8 Å². The van der Waals surface area contributed by atoms with Gasteiger partial charge in [0.2, 0.25) is 5.91 Å². The summed E-state index contributed by atoms with van der Waals surface area (Å²) < 4.78 is 7.87. The quantitative estimate of drug-likeness (QED) is 0.340. The summed E-state index contributed by atoms with van der Waals surface area (Å²) in [5.74, 6) is 1.93. The number of likely N-dealkylation sites (tertiary alicyclic amines) is 1. The van der Waals surface area contributed by atoms with Gasteiger partial charge in [0.1, 0.15) is 29.3 Å². The second-order valence-electron chi connectivity index (χ2n) is 9.86. The minimum absolute atomic E-state index is 0.00285. The van der Waals surface area contributed by atoms with Crippen molar-refractivity contribution in [2.75, 3.05) is 25.4 Å². The number of nitrogens with two attached hydrogens (primary N) is 1. The summed E-state index contributed by atoms with van der Waals surface area (Å²) in [7, 11) is 0. The van der Waals surface area contributed by atoms with Crippen molar-refractivity contribution in [2.24, 2.45) is 0 Å². The summed E-state index contributed by atoms with van der Waals surface area (Å²) in [6.45, 7) is 2.04. The minimum Gasteiger partial charge on any atom is -0.457 e. The van der Waals surface area contributed by atoms with Crippen molar-refractivity contribution in [1.29, 1.82) is 0 Å². The van der Waals surface area contributed by atoms with Gasteiger partial charge in [-0.2, -0.15) is 5.10 Å². The average Bonchev–Trinajstić information content (AvgIpc) is 3.70. The van der Waals surface area contributed by atoms with E-state index in [0.29, 0.717) is 24.1 Å². The summed E-state index contributed by atoms with van der Waals surface area (Å²) in [5.41, 5.74) is 8.63. The van der Waals surface area contributed by atoms with Crippen LogP contribution in [-0.2, 0) is 4.79 Å². The Morgan fingerprint density at radius 1 is 1.05 bits per heavy atom. The van der Waals surface area contributed by atoms with Gasteiger partial charge in [-0.1, -0.05) is 24.3 Å². The first-order chi connectivity index (χ1) is 18.7. The number of nitrogens with one attached hydrogen (secondary N) is 1. The Bertz CT molecular complexity index is 1450. The number of carbonyl (C=O) groups excluding carboxylic acids is 1. The summed E-state index contributed by atoms with van der Waals surface area (Å²) in [4.78, 5) is 23.5. The van der Waals surface area contributed by atoms with E-state index in [1.54, 1.807) is 6.08 Å². The first-order valence-electron chi connectivity index (χ1n) is 13.2. The third-order valence-electron chi connectivity index (χ3n) is 7.04. The Kier molecular flexibility index (Phi) is 6.75. The van der Waals surface area contributed by atoms with Crippen LogP contribution >= 0.6 is 0 Å². The van der Waals surface area contributed by atoms with Gasteiger partial charge in [0.05, 0.1) is 11.4 Å². The first kappa shape index (κ1) is 24.1. The van der Waals surface area contributed by atoms with Crippen LogP contribution in [0.4, 0.5) is 5.82 Å². The number of piperidine rings is 1. The van der Waals surface area contributed by atoms with Crippen LogP contribution in [0.3, 0.4) is 0 Å². The molecule has 4 aromatic rings. The molecule has 9 nitrogen and oxygen atoms in total. The Balaban J connectivity index is 1.24. The predicted molar refractivity (Wildman–Crippen MR) is 147 cm³/mol. The van der Waals surface area contributed by atoms with Crippen LogP contribution in [0, 0.1) is 0 Å². The number of nitrogen functional groups attached to an aromatic ring is 1. The van der Waals surface area contributed by atoms with Crippen LogP contribution in [0.25, 0.3) is 22.3 Å². The zero-order valence-corrected chi connectivity index (χ0v) is 21.2. The molecule has 1 saturated heterocycles. The normalized spacial score (nSPS) is 17.8. The molecule has 0 unspecified atom stereocenters. The molecule has 1 aliphatic heterocycles. The van der Waals surface area contributed by atoms with Gasteiger partial charge in [-0.15, -0.1) is 0 Å². The molecule has 194 valence electrons. The van der Waals surface area contributed by atoms with Crippen LogP contribution in [0.5, 0.6) is 11.5 Å². The van der Waals surface area contributed by atoms with Gasteiger partial charge in [-0.05, 0) is 62.1 Å². The lowest BCUT2D eigenvalue weighted by molar-refractivity contribution is -0.127. The second-order valence-corrected chi connectivity index (χ2v) is 9.86. The number of benzene rings is 2. The fourth-order valence-corrected chi connectivity index (χ4v) is 4.90. The van der Waals surface area contributed by atoms with E-state index in [1.807, 2.05) is 70.3 Å². The smallest absolute Gasteiger partial charge is 0.246 e. The van der Waals surface area contributed by atoms with Crippen molar-refractivity contribution in [1.82, 2.24) is 30.0 Å². The predicted octanol–water partition coefficient (Wildman–Crippen LogP) is 4.34. The van der Waals surface area contributed by atoms with Crippen molar-refractivity contribution in [3.8, 4) is 22.8 Å². The summed E-state index contributed by atoms with van der Waals surface area (Å²) in [6.07, 6.45) is 9.34. The Labute approximate surface area is 221 Å². The lowest BCUT2D eigenvalue weighted by atomic mass is 10.1. The Morgan fingerprint density at radius 2 is 1.84 bits per heavy atom. The number of carbonyl (C=O) groups is 1. The van der Waals surface area contributed by atoms with Gasteiger partial charge in [0.15, 0.2) is 5.65 Å². The summed E-state index contributed by atoms with van der Waals surface area (Å²) in [6, 6.07) is 18.0. The number of ether oxygens (including phenoxy) is 1. The number of nitrogens with zero attached hydrogens (tertiary/aromatic N) is 5. The standard InChI is InChI=1S/C29H31N7O2/c30-28-26-27(20-10-14-24(15-11-20)38-23-7-2-1-3-8-23)34-36(29(26)33-19-32-28)22-6-5-17-35(18-22)25(37)9-4-16-31-21-12-13-21/h1-4,7-11,14-15,19,21-22,31H,5-6,12-13,16-18H2,(H2,30,32,33)/t22-/m1/s1. The van der Waals surface area contributed by atoms with Crippen LogP contribution in [-0.4, -0.2) is 56.2 Å². The van der Waals surface area contributed by atoms with E-state index in [2.05, 4.69) is 15.3 Å². The van der Waals surface area contributed by atoms with E-state index in [9.17, 15) is 4.79 Å². The van der Waals surface area contributed by atoms with E-state index in [0.717, 1.165) is 54.1 Å². The third kappa shape index (κ3) is 5.24. The lowest BCUT2D eigenvalue weighted by Crippen LogP contribution is -2.40. The van der Waals surface area contributed by atoms with E-state index in [1.165, 1.54) is 19.2 Å². The van der Waals surface area contributed by atoms with Crippen molar-refractivity contribution < 1.29 is 9.53 Å². The molecule has 0 radical (unpaired) electrons. The maximum absolute atomic E-state index is 12.9. The molecule has 0 bridgehead atoms. The molecule has 0 spiro atoms. The van der Waals surface area contributed by atoms with E-state index in [4.69, 9.17) is 15.6 Å². The number of amides is 1. The number of para-hydroxylation sites is 1. The molecule has 2 aromatic carbocycles. The molecule has 1 saturated carbocycles. The molecule has 2 fully saturated rings. The van der Waals surface area contributed by atoms with E-state index < -0.39 is 0 Å². The van der Waals surface area contributed by atoms with Gasteiger partial charge in [-0.25, -0.2) is 14.6 Å². The van der Waals surface area contributed by atoms with Gasteiger partial charge in [0.25, 0.3) is 0 Å². The molecule has 2 aromatic heterocycles. The zero-order valence-electron chi connectivity index (χ0n) is 21.2. The molecular weight excluding hydrogens is 478 g/mol. The zero-order chi connectivity index (χ0) is 25.9. The highest BCUT2D eigenvalue weighted by Crippen LogP contribution is 2.35. The average molecular weight is 510 g/mol. The molecule has 3 N–H and O–H groups in total. The topological polar surface area (TPSA) is 111 Å². The van der Waals surface area contributed by atoms with Gasteiger partial charge >= 0.3 is 0 Å². The summed E-state index contributed by atoms with van der Waals surface area (Å²) >= 11 is 0. The minimum atomic E-state index is -0.00285. The Morgan fingerprint density at radius 3 is 2.63 bits per heavy atom. The van der Waals surface area contributed by atoms with E-state index >= 15 is 0 Å². The van der Waals surface area contributed by atoms with Gasteiger partial charge in [0, 0.05) is 37.3 Å². The molecule has 2 aliphatic rings. The molecule has 6 rings (SSSR count). The molecule has 38 heavy (non-hydrogen) atoms. The molecule has 9 heteroatoms. The van der Waals surface area contributed by atoms with Gasteiger partial charge < -0.3 is 20.7 Å². The number of hydrogen-bond donors (Lipinski definition) is 2. The number of anilines is 1. The molecule has 3 heterocycles. The molecular formula is C29H31N7O2. The maximum atomic E-state index is 12.9.